The van der Waals surface area contributed by atoms with Gasteiger partial charge in [0.1, 0.15) is 5.82 Å². The molecular formula is C14H17FN2OS. The van der Waals surface area contributed by atoms with E-state index in [-0.39, 0.29) is 12.4 Å². The Labute approximate surface area is 116 Å². The van der Waals surface area contributed by atoms with Crippen LogP contribution >= 0.6 is 11.3 Å². The van der Waals surface area contributed by atoms with Gasteiger partial charge in [-0.3, -0.25) is 0 Å². The van der Waals surface area contributed by atoms with Gasteiger partial charge in [-0.1, -0.05) is 18.3 Å². The molecule has 0 aliphatic rings. The number of aliphatic hydroxyl groups is 1. The molecule has 0 aliphatic heterocycles. The van der Waals surface area contributed by atoms with Gasteiger partial charge in [0.05, 0.1) is 17.2 Å². The zero-order valence-corrected chi connectivity index (χ0v) is 11.9. The van der Waals surface area contributed by atoms with Crippen molar-refractivity contribution >= 4 is 22.2 Å². The number of nitrogens with zero attached hydrogens (tertiary/aromatic N) is 2. The summed E-state index contributed by atoms with van der Waals surface area (Å²) in [5.74, 6) is -0.246. The molecule has 5 heteroatoms. The van der Waals surface area contributed by atoms with Crippen LogP contribution in [0.5, 0.6) is 0 Å². The molecule has 0 fully saturated rings. The molecule has 3 nitrogen and oxygen atoms in total. The monoisotopic (exact) mass is 280 g/mol. The average Bonchev–Trinajstić information content (AvgIpc) is 2.85. The Hall–Kier alpha value is -1.46. The maximum atomic E-state index is 13.0. The Kier molecular flexibility index (Phi) is 4.50. The maximum absolute atomic E-state index is 13.0. The molecule has 2 aromatic rings. The second-order valence-corrected chi connectivity index (χ2v) is 5.16. The van der Waals surface area contributed by atoms with E-state index >= 15 is 0 Å². The fraction of sp³-hybridized carbons (Fsp3) is 0.357. The third-order valence-electron chi connectivity index (χ3n) is 2.93. The normalized spacial score (nSPS) is 10.7. The molecule has 2 rings (SSSR count). The number of thiazole rings is 1. The number of hydrogen-bond acceptors (Lipinski definition) is 4. The molecule has 0 saturated heterocycles. The Morgan fingerprint density at radius 3 is 2.42 bits per heavy atom. The first kappa shape index (κ1) is 14.0. The molecule has 0 unspecified atom stereocenters. The number of anilines is 2. The third kappa shape index (κ3) is 2.93. The van der Waals surface area contributed by atoms with Crippen molar-refractivity contribution in [3.63, 3.8) is 0 Å². The van der Waals surface area contributed by atoms with Gasteiger partial charge < -0.3 is 10.0 Å². The van der Waals surface area contributed by atoms with Gasteiger partial charge >= 0.3 is 0 Å². The smallest absolute Gasteiger partial charge is 0.190 e. The van der Waals surface area contributed by atoms with E-state index in [2.05, 4.69) is 4.98 Å². The van der Waals surface area contributed by atoms with Gasteiger partial charge in [-0.25, -0.2) is 9.37 Å². The van der Waals surface area contributed by atoms with Crippen LogP contribution < -0.4 is 4.90 Å². The molecule has 19 heavy (non-hydrogen) atoms. The minimum absolute atomic E-state index is 0.0157. The van der Waals surface area contributed by atoms with E-state index in [1.807, 2.05) is 18.7 Å². The van der Waals surface area contributed by atoms with Crippen molar-refractivity contribution in [1.29, 1.82) is 0 Å². The Morgan fingerprint density at radius 1 is 1.26 bits per heavy atom. The van der Waals surface area contributed by atoms with Gasteiger partial charge in [0.25, 0.3) is 0 Å². The van der Waals surface area contributed by atoms with E-state index < -0.39 is 0 Å². The minimum Gasteiger partial charge on any atom is -0.391 e. The molecule has 0 saturated carbocycles. The first-order valence-corrected chi connectivity index (χ1v) is 7.13. The Balaban J connectivity index is 2.36. The van der Waals surface area contributed by atoms with Crippen molar-refractivity contribution in [2.24, 2.45) is 0 Å². The van der Waals surface area contributed by atoms with E-state index in [1.165, 1.54) is 23.5 Å². The number of halogens is 1. The quantitative estimate of drug-likeness (QED) is 0.910. The van der Waals surface area contributed by atoms with Crippen LogP contribution in [0.2, 0.25) is 0 Å². The highest BCUT2D eigenvalue weighted by Gasteiger charge is 2.15. The summed E-state index contributed by atoms with van der Waals surface area (Å²) < 4.78 is 13.0. The van der Waals surface area contributed by atoms with Crippen molar-refractivity contribution in [3.8, 4) is 0 Å². The first-order chi connectivity index (χ1) is 9.19. The van der Waals surface area contributed by atoms with Crippen LogP contribution in [-0.2, 0) is 13.0 Å². The van der Waals surface area contributed by atoms with E-state index in [0.29, 0.717) is 0 Å². The fourth-order valence-electron chi connectivity index (χ4n) is 1.93. The van der Waals surface area contributed by atoms with Crippen LogP contribution in [0, 0.1) is 5.82 Å². The topological polar surface area (TPSA) is 36.4 Å². The molecular weight excluding hydrogens is 263 g/mol. The number of benzene rings is 1. The van der Waals surface area contributed by atoms with Crippen molar-refractivity contribution in [2.75, 3.05) is 11.4 Å². The number of aryl methyl sites for hydroxylation is 1. The van der Waals surface area contributed by atoms with Crippen LogP contribution in [0.4, 0.5) is 15.2 Å². The van der Waals surface area contributed by atoms with E-state index in [1.54, 1.807) is 12.1 Å². The van der Waals surface area contributed by atoms with E-state index in [9.17, 15) is 9.50 Å². The van der Waals surface area contributed by atoms with Crippen LogP contribution in [0.1, 0.15) is 24.4 Å². The molecule has 0 aliphatic carbocycles. The second kappa shape index (κ2) is 6.12. The van der Waals surface area contributed by atoms with Crippen LogP contribution in [-0.4, -0.2) is 16.6 Å². The molecule has 0 bridgehead atoms. The van der Waals surface area contributed by atoms with Gasteiger partial charge in [0.15, 0.2) is 5.13 Å². The summed E-state index contributed by atoms with van der Waals surface area (Å²) in [5.41, 5.74) is 1.84. The lowest BCUT2D eigenvalue weighted by Gasteiger charge is -2.19. The number of aliphatic hydroxyl groups excluding tert-OH is 1. The SMILES string of the molecule is CCc1nc(N(CC)c2ccc(F)cc2)sc1CO. The highest BCUT2D eigenvalue weighted by molar-refractivity contribution is 7.15. The summed E-state index contributed by atoms with van der Waals surface area (Å²) in [7, 11) is 0. The zero-order chi connectivity index (χ0) is 13.8. The number of hydrogen-bond donors (Lipinski definition) is 1. The maximum Gasteiger partial charge on any atom is 0.190 e. The lowest BCUT2D eigenvalue weighted by atomic mass is 10.3. The van der Waals surface area contributed by atoms with Crippen molar-refractivity contribution in [3.05, 3.63) is 40.7 Å². The predicted octanol–water partition coefficient (Wildman–Crippen LogP) is 3.49. The highest BCUT2D eigenvalue weighted by Crippen LogP contribution is 2.32. The van der Waals surface area contributed by atoms with Crippen LogP contribution in [0.3, 0.4) is 0 Å². The first-order valence-electron chi connectivity index (χ1n) is 6.32. The van der Waals surface area contributed by atoms with Gasteiger partial charge in [-0.2, -0.15) is 0 Å². The Morgan fingerprint density at radius 2 is 1.95 bits per heavy atom. The lowest BCUT2D eigenvalue weighted by Crippen LogP contribution is -2.15. The summed E-state index contributed by atoms with van der Waals surface area (Å²) in [6, 6.07) is 6.37. The fourth-order valence-corrected chi connectivity index (χ4v) is 3.03. The molecule has 0 spiro atoms. The number of aromatic nitrogens is 1. The van der Waals surface area contributed by atoms with Gasteiger partial charge in [-0.15, -0.1) is 0 Å². The molecule has 0 atom stereocenters. The van der Waals surface area contributed by atoms with Gasteiger partial charge in [-0.05, 0) is 37.6 Å². The van der Waals surface area contributed by atoms with Gasteiger partial charge in [0.2, 0.25) is 0 Å². The molecule has 1 aromatic carbocycles. The van der Waals surface area contributed by atoms with E-state index in [0.717, 1.165) is 34.4 Å². The largest absolute Gasteiger partial charge is 0.391 e. The average molecular weight is 280 g/mol. The summed E-state index contributed by atoms with van der Waals surface area (Å²) in [5, 5.41) is 10.2. The van der Waals surface area contributed by atoms with Crippen LogP contribution in [0.15, 0.2) is 24.3 Å². The van der Waals surface area contributed by atoms with Crippen molar-refractivity contribution < 1.29 is 9.50 Å². The summed E-state index contributed by atoms with van der Waals surface area (Å²) in [6.45, 7) is 4.80. The van der Waals surface area contributed by atoms with Crippen molar-refractivity contribution in [2.45, 2.75) is 26.9 Å². The standard InChI is InChI=1S/C14H17FN2OS/c1-3-12-13(9-18)19-14(16-12)17(4-2)11-7-5-10(15)6-8-11/h5-8,18H,3-4,9H2,1-2H3. The lowest BCUT2D eigenvalue weighted by molar-refractivity contribution is 0.284. The molecule has 0 radical (unpaired) electrons. The van der Waals surface area contributed by atoms with Gasteiger partial charge in [0, 0.05) is 12.2 Å². The summed E-state index contributed by atoms with van der Waals surface area (Å²) in [6.07, 6.45) is 0.799. The second-order valence-electron chi connectivity index (χ2n) is 4.10. The molecule has 1 aromatic heterocycles. The highest BCUT2D eigenvalue weighted by atomic mass is 32.1. The molecule has 102 valence electrons. The molecule has 1 N–H and O–H groups in total. The molecule has 1 heterocycles. The minimum atomic E-state index is -0.246. The zero-order valence-electron chi connectivity index (χ0n) is 11.1. The van der Waals surface area contributed by atoms with Crippen LogP contribution in [0.25, 0.3) is 0 Å². The summed E-state index contributed by atoms with van der Waals surface area (Å²) in [4.78, 5) is 7.48. The van der Waals surface area contributed by atoms with E-state index in [4.69, 9.17) is 0 Å². The Bertz CT molecular complexity index is 517. The van der Waals surface area contributed by atoms with Crippen molar-refractivity contribution in [1.82, 2.24) is 4.98 Å². The summed E-state index contributed by atoms with van der Waals surface area (Å²) >= 11 is 1.49. The number of rotatable bonds is 5. The predicted molar refractivity (Wildman–Crippen MR) is 76.5 cm³/mol. The molecule has 0 amide bonds. The third-order valence-corrected chi connectivity index (χ3v) is 4.04.